The van der Waals surface area contributed by atoms with E-state index in [1.807, 2.05) is 43.3 Å². The van der Waals surface area contributed by atoms with Crippen molar-refractivity contribution in [1.29, 1.82) is 0 Å². The van der Waals surface area contributed by atoms with Crippen LogP contribution in [0, 0.1) is 6.92 Å². The minimum atomic E-state index is -0.325. The molecular weight excluding hydrogens is 306 g/mol. The number of aryl methyl sites for hydroxylation is 1. The van der Waals surface area contributed by atoms with E-state index in [0.29, 0.717) is 15.7 Å². The van der Waals surface area contributed by atoms with Crippen molar-refractivity contribution in [1.82, 2.24) is 4.98 Å². The van der Waals surface area contributed by atoms with E-state index >= 15 is 0 Å². The van der Waals surface area contributed by atoms with Gasteiger partial charge in [-0.1, -0.05) is 46.7 Å². The van der Waals surface area contributed by atoms with Gasteiger partial charge in [-0.3, -0.25) is 5.32 Å². The average Bonchev–Trinajstić information content (AvgIpc) is 2.85. The lowest BCUT2D eigenvalue weighted by molar-refractivity contribution is 0.262. The monoisotopic (exact) mass is 317 g/mol. The van der Waals surface area contributed by atoms with Crippen LogP contribution in [0.5, 0.6) is 0 Å². The average molecular weight is 318 g/mol. The summed E-state index contributed by atoms with van der Waals surface area (Å²) < 4.78 is 0.938. The van der Waals surface area contributed by atoms with E-state index < -0.39 is 0 Å². The zero-order valence-electron chi connectivity index (χ0n) is 11.2. The third-order valence-electron chi connectivity index (χ3n) is 2.90. The van der Waals surface area contributed by atoms with Crippen LogP contribution < -0.4 is 10.6 Å². The molecule has 2 N–H and O–H groups in total. The van der Waals surface area contributed by atoms with Gasteiger partial charge < -0.3 is 5.32 Å². The first-order valence-corrected chi connectivity index (χ1v) is 7.51. The molecule has 0 saturated carbocycles. The Morgan fingerprint density at radius 3 is 2.62 bits per heavy atom. The predicted molar refractivity (Wildman–Crippen MR) is 88.5 cm³/mol. The molecule has 3 rings (SSSR count). The Balaban J connectivity index is 1.74. The third kappa shape index (κ3) is 3.15. The molecule has 0 bridgehead atoms. The Kier molecular flexibility index (Phi) is 3.77. The fourth-order valence-electron chi connectivity index (χ4n) is 1.86. The summed E-state index contributed by atoms with van der Waals surface area (Å²) in [5.41, 5.74) is 2.58. The summed E-state index contributed by atoms with van der Waals surface area (Å²) in [6.07, 6.45) is 0. The molecule has 6 heteroatoms. The first-order valence-electron chi connectivity index (χ1n) is 6.31. The molecule has 0 saturated heterocycles. The number of amides is 2. The Hall–Kier alpha value is -2.11. The minimum Gasteiger partial charge on any atom is -0.308 e. The van der Waals surface area contributed by atoms with Crippen molar-refractivity contribution in [3.8, 4) is 0 Å². The van der Waals surface area contributed by atoms with Crippen molar-refractivity contribution < 1.29 is 4.79 Å². The van der Waals surface area contributed by atoms with E-state index in [1.165, 1.54) is 11.3 Å². The number of nitrogens with zero attached hydrogens (tertiary/aromatic N) is 1. The maximum atomic E-state index is 11.9. The number of nitrogens with one attached hydrogen (secondary N) is 2. The lowest BCUT2D eigenvalue weighted by atomic mass is 10.2. The fourth-order valence-corrected chi connectivity index (χ4v) is 3.03. The molecule has 0 unspecified atom stereocenters. The predicted octanol–water partition coefficient (Wildman–Crippen LogP) is 4.90. The van der Waals surface area contributed by atoms with Gasteiger partial charge in [0.15, 0.2) is 5.13 Å². The van der Waals surface area contributed by atoms with Crippen LogP contribution in [0.15, 0.2) is 42.5 Å². The highest BCUT2D eigenvalue weighted by Crippen LogP contribution is 2.30. The number of anilines is 2. The fraction of sp³-hybridized carbons (Fsp3) is 0.0667. The second-order valence-corrected chi connectivity index (χ2v) is 5.99. The number of thiazole rings is 1. The van der Waals surface area contributed by atoms with E-state index in [-0.39, 0.29) is 6.03 Å². The van der Waals surface area contributed by atoms with Gasteiger partial charge in [0.05, 0.1) is 9.72 Å². The summed E-state index contributed by atoms with van der Waals surface area (Å²) in [5.74, 6) is 0. The Morgan fingerprint density at radius 1 is 1.14 bits per heavy atom. The second-order valence-electron chi connectivity index (χ2n) is 4.55. The van der Waals surface area contributed by atoms with Gasteiger partial charge in [-0.05, 0) is 31.2 Å². The smallest absolute Gasteiger partial charge is 0.308 e. The molecule has 0 aliphatic carbocycles. The number of carbonyl (C=O) groups is 1. The molecule has 1 heterocycles. The van der Waals surface area contributed by atoms with Gasteiger partial charge in [0.1, 0.15) is 5.52 Å². The zero-order valence-corrected chi connectivity index (χ0v) is 12.8. The number of halogens is 1. The molecule has 0 spiro atoms. The second kappa shape index (κ2) is 5.71. The van der Waals surface area contributed by atoms with Gasteiger partial charge in [0, 0.05) is 5.69 Å². The molecule has 2 aromatic carbocycles. The first-order chi connectivity index (χ1) is 10.1. The summed E-state index contributed by atoms with van der Waals surface area (Å²) in [4.78, 5) is 16.3. The van der Waals surface area contributed by atoms with E-state index in [1.54, 1.807) is 6.07 Å². The van der Waals surface area contributed by atoms with Gasteiger partial charge in [0.2, 0.25) is 0 Å². The maximum Gasteiger partial charge on any atom is 0.325 e. The standard InChI is InChI=1S/C15H12ClN3OS/c1-9-5-7-10(8-6-9)17-14(20)19-15-18-13-11(16)3-2-4-12(13)21-15/h2-8H,1H3,(H2,17,18,19,20). The van der Waals surface area contributed by atoms with Crippen molar-refractivity contribution >= 4 is 50.0 Å². The molecule has 0 radical (unpaired) electrons. The number of para-hydroxylation sites is 1. The summed E-state index contributed by atoms with van der Waals surface area (Å²) in [5, 5.41) is 6.58. The molecule has 3 aromatic rings. The van der Waals surface area contributed by atoms with Crippen LogP contribution in [0.3, 0.4) is 0 Å². The Labute approximate surface area is 130 Å². The topological polar surface area (TPSA) is 54.0 Å². The molecule has 2 amide bonds. The Bertz CT molecular complexity index is 798. The van der Waals surface area contributed by atoms with Gasteiger partial charge in [0.25, 0.3) is 0 Å². The normalized spacial score (nSPS) is 10.6. The molecule has 0 atom stereocenters. The number of hydrogen-bond donors (Lipinski definition) is 2. The molecule has 21 heavy (non-hydrogen) atoms. The lowest BCUT2D eigenvalue weighted by Crippen LogP contribution is -2.19. The molecule has 4 nitrogen and oxygen atoms in total. The van der Waals surface area contributed by atoms with Gasteiger partial charge in [-0.2, -0.15) is 0 Å². The Morgan fingerprint density at radius 2 is 1.90 bits per heavy atom. The van der Waals surface area contributed by atoms with Crippen molar-refractivity contribution in [2.75, 3.05) is 10.6 Å². The van der Waals surface area contributed by atoms with Crippen molar-refractivity contribution in [2.24, 2.45) is 0 Å². The van der Waals surface area contributed by atoms with Crippen molar-refractivity contribution in [3.05, 3.63) is 53.1 Å². The van der Waals surface area contributed by atoms with Crippen LogP contribution in [-0.4, -0.2) is 11.0 Å². The van der Waals surface area contributed by atoms with Crippen LogP contribution in [0.25, 0.3) is 10.2 Å². The van der Waals surface area contributed by atoms with Crippen LogP contribution in [0.1, 0.15) is 5.56 Å². The van der Waals surface area contributed by atoms with E-state index in [4.69, 9.17) is 11.6 Å². The molecular formula is C15H12ClN3OS. The number of carbonyl (C=O) groups excluding carboxylic acids is 1. The van der Waals surface area contributed by atoms with Gasteiger partial charge >= 0.3 is 6.03 Å². The highest BCUT2D eigenvalue weighted by Gasteiger charge is 2.09. The number of hydrogen-bond acceptors (Lipinski definition) is 3. The van der Waals surface area contributed by atoms with Crippen LogP contribution in [-0.2, 0) is 0 Å². The van der Waals surface area contributed by atoms with Crippen LogP contribution in [0.4, 0.5) is 15.6 Å². The van der Waals surface area contributed by atoms with E-state index in [9.17, 15) is 4.79 Å². The molecule has 1 aromatic heterocycles. The maximum absolute atomic E-state index is 11.9. The van der Waals surface area contributed by atoms with Crippen LogP contribution in [0.2, 0.25) is 5.02 Å². The quantitative estimate of drug-likeness (QED) is 0.706. The zero-order chi connectivity index (χ0) is 14.8. The number of benzene rings is 2. The number of urea groups is 1. The van der Waals surface area contributed by atoms with Gasteiger partial charge in [-0.25, -0.2) is 9.78 Å². The minimum absolute atomic E-state index is 0.325. The van der Waals surface area contributed by atoms with E-state index in [0.717, 1.165) is 16.0 Å². The largest absolute Gasteiger partial charge is 0.325 e. The van der Waals surface area contributed by atoms with E-state index in [2.05, 4.69) is 15.6 Å². The molecule has 0 aliphatic rings. The van der Waals surface area contributed by atoms with Crippen LogP contribution >= 0.6 is 22.9 Å². The molecule has 0 fully saturated rings. The molecule has 0 aliphatic heterocycles. The highest BCUT2D eigenvalue weighted by atomic mass is 35.5. The van der Waals surface area contributed by atoms with Gasteiger partial charge in [-0.15, -0.1) is 0 Å². The number of fused-ring (bicyclic) bond motifs is 1. The first kappa shape index (κ1) is 13.9. The van der Waals surface area contributed by atoms with Crippen molar-refractivity contribution in [2.45, 2.75) is 6.92 Å². The SMILES string of the molecule is Cc1ccc(NC(=O)Nc2nc3c(Cl)cccc3s2)cc1. The lowest BCUT2D eigenvalue weighted by Gasteiger charge is -2.05. The summed E-state index contributed by atoms with van der Waals surface area (Å²) in [6.45, 7) is 1.99. The van der Waals surface area contributed by atoms with Crippen molar-refractivity contribution in [3.63, 3.8) is 0 Å². The molecule has 106 valence electrons. The summed E-state index contributed by atoms with van der Waals surface area (Å²) in [7, 11) is 0. The summed E-state index contributed by atoms with van der Waals surface area (Å²) >= 11 is 7.45. The third-order valence-corrected chi connectivity index (χ3v) is 4.14. The summed E-state index contributed by atoms with van der Waals surface area (Å²) in [6, 6.07) is 12.8. The number of aromatic nitrogens is 1. The highest BCUT2D eigenvalue weighted by molar-refractivity contribution is 7.22. The number of rotatable bonds is 2.